The highest BCUT2D eigenvalue weighted by Crippen LogP contribution is 2.13. The Bertz CT molecular complexity index is 821. The van der Waals surface area contributed by atoms with Crippen LogP contribution < -0.4 is 5.32 Å². The number of hydrogen-bond acceptors (Lipinski definition) is 5. The minimum absolute atomic E-state index is 0.147. The fraction of sp³-hybridized carbons (Fsp3) is 0. The van der Waals surface area contributed by atoms with Crippen LogP contribution in [-0.4, -0.2) is 30.6 Å². The number of carbonyl (C=O) groups excluding carboxylic acids is 1. The summed E-state index contributed by atoms with van der Waals surface area (Å²) in [5, 5.41) is 6.30. The van der Waals surface area contributed by atoms with Gasteiger partial charge in [0.15, 0.2) is 5.82 Å². The summed E-state index contributed by atoms with van der Waals surface area (Å²) in [4.78, 5) is 23.6. The molecule has 1 amide bonds. The van der Waals surface area contributed by atoms with E-state index in [4.69, 9.17) is 0 Å². The zero-order valence-corrected chi connectivity index (χ0v) is 10.9. The third kappa shape index (κ3) is 2.77. The Kier molecular flexibility index (Phi) is 3.52. The van der Waals surface area contributed by atoms with Gasteiger partial charge in [-0.25, -0.2) is 28.4 Å². The molecule has 0 aliphatic rings. The summed E-state index contributed by atoms with van der Waals surface area (Å²) in [6.07, 6.45) is 3.97. The van der Waals surface area contributed by atoms with Crippen LogP contribution in [0.4, 0.5) is 14.6 Å². The van der Waals surface area contributed by atoms with Crippen LogP contribution in [0.3, 0.4) is 0 Å². The average Bonchev–Trinajstić information content (AvgIpc) is 3.01. The Morgan fingerprint density at radius 2 is 2.00 bits per heavy atom. The second-order valence-corrected chi connectivity index (χ2v) is 4.18. The standard InChI is InChI=1S/C13H8F2N6O/c14-8-1-2-9(10(15)3-8)13(22)20-11-4-12(18-6-17-11)21-7-16-5-19-21/h1-7H,(H,17,18,20,22). The summed E-state index contributed by atoms with van der Waals surface area (Å²) in [6.45, 7) is 0. The number of aromatic nitrogens is 5. The van der Waals surface area contributed by atoms with Crippen LogP contribution in [0.2, 0.25) is 0 Å². The minimum Gasteiger partial charge on any atom is -0.306 e. The van der Waals surface area contributed by atoms with Crippen LogP contribution in [0.5, 0.6) is 0 Å². The van der Waals surface area contributed by atoms with Gasteiger partial charge in [-0.15, -0.1) is 0 Å². The monoisotopic (exact) mass is 302 g/mol. The van der Waals surface area contributed by atoms with E-state index in [1.807, 2.05) is 0 Å². The number of benzene rings is 1. The molecule has 22 heavy (non-hydrogen) atoms. The Hall–Kier alpha value is -3.23. The van der Waals surface area contributed by atoms with Gasteiger partial charge in [0.05, 0.1) is 5.56 Å². The van der Waals surface area contributed by atoms with E-state index >= 15 is 0 Å². The quantitative estimate of drug-likeness (QED) is 0.794. The number of halogens is 2. The third-order valence-electron chi connectivity index (χ3n) is 2.72. The van der Waals surface area contributed by atoms with E-state index in [1.54, 1.807) is 0 Å². The molecule has 0 atom stereocenters. The number of anilines is 1. The highest BCUT2D eigenvalue weighted by Gasteiger charge is 2.13. The largest absolute Gasteiger partial charge is 0.306 e. The van der Waals surface area contributed by atoms with Crippen molar-refractivity contribution in [2.75, 3.05) is 5.32 Å². The van der Waals surface area contributed by atoms with Crippen molar-refractivity contribution in [2.24, 2.45) is 0 Å². The summed E-state index contributed by atoms with van der Waals surface area (Å²) in [5.74, 6) is -1.94. The fourth-order valence-electron chi connectivity index (χ4n) is 1.72. The van der Waals surface area contributed by atoms with Gasteiger partial charge in [-0.3, -0.25) is 4.79 Å². The maximum atomic E-state index is 13.6. The maximum absolute atomic E-state index is 13.6. The molecule has 0 fully saturated rings. The van der Waals surface area contributed by atoms with Crippen molar-refractivity contribution in [2.45, 2.75) is 0 Å². The Balaban J connectivity index is 1.84. The van der Waals surface area contributed by atoms with E-state index < -0.39 is 17.5 Å². The molecule has 7 nitrogen and oxygen atoms in total. The molecule has 0 unspecified atom stereocenters. The third-order valence-corrected chi connectivity index (χ3v) is 2.72. The lowest BCUT2D eigenvalue weighted by molar-refractivity contribution is 0.102. The van der Waals surface area contributed by atoms with Crippen molar-refractivity contribution in [3.8, 4) is 5.82 Å². The number of nitrogens with one attached hydrogen (secondary N) is 1. The molecule has 1 aromatic carbocycles. The van der Waals surface area contributed by atoms with E-state index in [9.17, 15) is 13.6 Å². The van der Waals surface area contributed by atoms with Crippen molar-refractivity contribution in [1.82, 2.24) is 24.7 Å². The molecule has 3 rings (SSSR count). The molecule has 2 aromatic heterocycles. The van der Waals surface area contributed by atoms with E-state index in [0.29, 0.717) is 11.9 Å². The van der Waals surface area contributed by atoms with Crippen molar-refractivity contribution in [3.63, 3.8) is 0 Å². The second kappa shape index (κ2) is 5.64. The van der Waals surface area contributed by atoms with Gasteiger partial charge >= 0.3 is 0 Å². The summed E-state index contributed by atoms with van der Waals surface area (Å²) in [6, 6.07) is 4.13. The Labute approximate surface area is 122 Å². The van der Waals surface area contributed by atoms with E-state index in [0.717, 1.165) is 12.1 Å². The summed E-state index contributed by atoms with van der Waals surface area (Å²) in [5.41, 5.74) is -0.290. The van der Waals surface area contributed by atoms with Crippen LogP contribution in [0, 0.1) is 11.6 Å². The van der Waals surface area contributed by atoms with Gasteiger partial charge in [-0.2, -0.15) is 5.10 Å². The van der Waals surface area contributed by atoms with Crippen LogP contribution in [-0.2, 0) is 0 Å². The molecule has 1 N–H and O–H groups in total. The number of amides is 1. The first-order valence-electron chi connectivity index (χ1n) is 6.07. The minimum atomic E-state index is -0.956. The number of carbonyl (C=O) groups is 1. The Morgan fingerprint density at radius 3 is 2.73 bits per heavy atom. The smallest absolute Gasteiger partial charge is 0.259 e. The van der Waals surface area contributed by atoms with Crippen molar-refractivity contribution in [1.29, 1.82) is 0 Å². The summed E-state index contributed by atoms with van der Waals surface area (Å²) >= 11 is 0. The predicted molar refractivity (Wildman–Crippen MR) is 71.3 cm³/mol. The van der Waals surface area contributed by atoms with E-state index in [1.165, 1.54) is 29.7 Å². The van der Waals surface area contributed by atoms with Crippen LogP contribution in [0.1, 0.15) is 10.4 Å². The van der Waals surface area contributed by atoms with Gasteiger partial charge < -0.3 is 5.32 Å². The zero-order valence-electron chi connectivity index (χ0n) is 10.9. The highest BCUT2D eigenvalue weighted by molar-refractivity contribution is 6.03. The SMILES string of the molecule is O=C(Nc1cc(-n2cncn2)ncn1)c1ccc(F)cc1F. The van der Waals surface area contributed by atoms with Gasteiger partial charge in [0.25, 0.3) is 5.91 Å². The average molecular weight is 302 g/mol. The van der Waals surface area contributed by atoms with Crippen molar-refractivity contribution < 1.29 is 13.6 Å². The molecule has 0 radical (unpaired) electrons. The molecule has 0 aliphatic heterocycles. The number of rotatable bonds is 3. The first kappa shape index (κ1) is 13.7. The van der Waals surface area contributed by atoms with E-state index in [-0.39, 0.29) is 11.4 Å². The number of hydrogen-bond donors (Lipinski definition) is 1. The van der Waals surface area contributed by atoms with Crippen LogP contribution in [0.15, 0.2) is 43.2 Å². The van der Waals surface area contributed by atoms with Crippen LogP contribution in [0.25, 0.3) is 5.82 Å². The lowest BCUT2D eigenvalue weighted by Gasteiger charge is -2.06. The fourth-order valence-corrected chi connectivity index (χ4v) is 1.72. The van der Waals surface area contributed by atoms with E-state index in [2.05, 4.69) is 25.4 Å². The number of nitrogens with zero attached hydrogens (tertiary/aromatic N) is 5. The molecule has 0 bridgehead atoms. The molecule has 0 aliphatic carbocycles. The molecule has 0 spiro atoms. The Morgan fingerprint density at radius 1 is 1.14 bits per heavy atom. The van der Waals surface area contributed by atoms with Gasteiger partial charge in [-0.1, -0.05) is 0 Å². The first-order valence-corrected chi connectivity index (χ1v) is 6.07. The normalized spacial score (nSPS) is 10.5. The highest BCUT2D eigenvalue weighted by atomic mass is 19.1. The summed E-state index contributed by atoms with van der Waals surface area (Å²) in [7, 11) is 0. The van der Waals surface area contributed by atoms with Crippen molar-refractivity contribution >= 4 is 11.7 Å². The molecule has 2 heterocycles. The molecular weight excluding hydrogens is 294 g/mol. The lowest BCUT2D eigenvalue weighted by Crippen LogP contribution is -2.15. The van der Waals surface area contributed by atoms with Gasteiger partial charge in [0.2, 0.25) is 0 Å². The zero-order chi connectivity index (χ0) is 15.5. The maximum Gasteiger partial charge on any atom is 0.259 e. The predicted octanol–water partition coefficient (Wildman–Crippen LogP) is 1.59. The lowest BCUT2D eigenvalue weighted by atomic mass is 10.2. The summed E-state index contributed by atoms with van der Waals surface area (Å²) < 4.78 is 27.8. The molecule has 9 heteroatoms. The second-order valence-electron chi connectivity index (χ2n) is 4.18. The molecular formula is C13H8F2N6O. The van der Waals surface area contributed by atoms with Crippen LogP contribution >= 0.6 is 0 Å². The van der Waals surface area contributed by atoms with Crippen molar-refractivity contribution in [3.05, 3.63) is 60.4 Å². The molecule has 0 saturated carbocycles. The van der Waals surface area contributed by atoms with Gasteiger partial charge in [0, 0.05) is 12.1 Å². The topological polar surface area (TPSA) is 85.6 Å². The van der Waals surface area contributed by atoms with Gasteiger partial charge in [-0.05, 0) is 12.1 Å². The molecule has 0 saturated heterocycles. The molecule has 3 aromatic rings. The first-order chi connectivity index (χ1) is 10.6. The molecule has 110 valence electrons. The van der Waals surface area contributed by atoms with Gasteiger partial charge in [0.1, 0.15) is 36.4 Å².